The smallest absolute Gasteiger partial charge is 0.289 e. The number of rotatable bonds is 6. The van der Waals surface area contributed by atoms with Crippen LogP contribution in [0.2, 0.25) is 0 Å². The zero-order valence-corrected chi connectivity index (χ0v) is 18.2. The molecule has 0 aromatic carbocycles. The first kappa shape index (κ1) is 19.9. The van der Waals surface area contributed by atoms with Crippen LogP contribution in [-0.4, -0.2) is 71.5 Å². The van der Waals surface area contributed by atoms with Crippen molar-refractivity contribution in [3.8, 4) is 0 Å². The Labute approximate surface area is 175 Å². The number of hydrogen-bond acceptors (Lipinski definition) is 7. The minimum absolute atomic E-state index is 0.156. The summed E-state index contributed by atoms with van der Waals surface area (Å²) in [6.07, 6.45) is 4.94. The summed E-state index contributed by atoms with van der Waals surface area (Å²) >= 11 is 3.66. The first-order valence-corrected chi connectivity index (χ1v) is 12.3. The van der Waals surface area contributed by atoms with Crippen molar-refractivity contribution in [2.75, 3.05) is 55.7 Å². The molecule has 2 aromatic heterocycles. The Morgan fingerprint density at radius 2 is 1.93 bits per heavy atom. The highest BCUT2D eigenvalue weighted by molar-refractivity contribution is 7.99. The number of nitrogens with zero attached hydrogens (tertiary/aromatic N) is 4. The summed E-state index contributed by atoms with van der Waals surface area (Å²) in [6.45, 7) is 8.19. The van der Waals surface area contributed by atoms with Gasteiger partial charge < -0.3 is 15.1 Å². The first-order chi connectivity index (χ1) is 13.7. The molecule has 2 aliphatic rings. The predicted molar refractivity (Wildman–Crippen MR) is 119 cm³/mol. The molecule has 0 atom stereocenters. The first-order valence-electron chi connectivity index (χ1n) is 10.3. The van der Waals surface area contributed by atoms with Gasteiger partial charge >= 0.3 is 0 Å². The molecule has 0 aliphatic carbocycles. The number of thiophene rings is 1. The maximum Gasteiger partial charge on any atom is 0.289 e. The molecule has 2 saturated heterocycles. The van der Waals surface area contributed by atoms with E-state index in [0.29, 0.717) is 12.4 Å². The number of aryl methyl sites for hydroxylation is 1. The molecule has 2 fully saturated rings. The molecule has 4 rings (SSSR count). The van der Waals surface area contributed by atoms with E-state index >= 15 is 0 Å². The van der Waals surface area contributed by atoms with Gasteiger partial charge in [-0.25, -0.2) is 9.97 Å². The molecule has 2 aliphatic heterocycles. The van der Waals surface area contributed by atoms with Gasteiger partial charge in [-0.1, -0.05) is 6.42 Å². The van der Waals surface area contributed by atoms with E-state index in [-0.39, 0.29) is 5.91 Å². The molecule has 0 spiro atoms. The predicted octanol–water partition coefficient (Wildman–Crippen LogP) is 3.16. The number of piperidine rings is 1. The largest absolute Gasteiger partial charge is 0.354 e. The fourth-order valence-electron chi connectivity index (χ4n) is 3.96. The Kier molecular flexibility index (Phi) is 6.69. The van der Waals surface area contributed by atoms with Gasteiger partial charge in [0.15, 0.2) is 0 Å². The molecule has 0 unspecified atom stereocenters. The highest BCUT2D eigenvalue weighted by Gasteiger charge is 2.21. The van der Waals surface area contributed by atoms with E-state index in [9.17, 15) is 4.79 Å². The molecule has 0 bridgehead atoms. The molecule has 2 aromatic rings. The van der Waals surface area contributed by atoms with Crippen LogP contribution in [0.5, 0.6) is 0 Å². The summed E-state index contributed by atoms with van der Waals surface area (Å²) in [5.41, 5.74) is 0.893. The van der Waals surface area contributed by atoms with Crippen LogP contribution in [0, 0.1) is 6.92 Å². The zero-order chi connectivity index (χ0) is 19.3. The maximum absolute atomic E-state index is 12.7. The quantitative estimate of drug-likeness (QED) is 0.726. The van der Waals surface area contributed by atoms with E-state index < -0.39 is 0 Å². The van der Waals surface area contributed by atoms with Crippen molar-refractivity contribution in [3.05, 3.63) is 16.1 Å². The summed E-state index contributed by atoms with van der Waals surface area (Å²) in [6, 6.07) is 0. The van der Waals surface area contributed by atoms with E-state index in [1.807, 2.05) is 17.1 Å². The second kappa shape index (κ2) is 9.41. The van der Waals surface area contributed by atoms with Gasteiger partial charge in [-0.2, -0.15) is 11.8 Å². The van der Waals surface area contributed by atoms with Crippen LogP contribution in [0.1, 0.15) is 41.2 Å². The van der Waals surface area contributed by atoms with Crippen molar-refractivity contribution in [2.45, 2.75) is 32.6 Å². The lowest BCUT2D eigenvalue weighted by molar-refractivity contribution is 0.0941. The summed E-state index contributed by atoms with van der Waals surface area (Å²) in [5, 5.41) is 6.18. The molecule has 1 amide bonds. The number of likely N-dealkylation sites (tertiary alicyclic amines) is 1. The molecule has 4 heterocycles. The molecule has 6 nitrogen and oxygen atoms in total. The molecule has 8 heteroatoms. The topological polar surface area (TPSA) is 61.4 Å². The van der Waals surface area contributed by atoms with Gasteiger partial charge in [-0.15, -0.1) is 11.3 Å². The zero-order valence-electron chi connectivity index (χ0n) is 16.6. The Morgan fingerprint density at radius 3 is 2.71 bits per heavy atom. The fourth-order valence-corrected chi connectivity index (χ4v) is 5.64. The summed E-state index contributed by atoms with van der Waals surface area (Å²) < 4.78 is 0. The third-order valence-corrected chi connectivity index (χ3v) is 7.36. The lowest BCUT2D eigenvalue weighted by atomic mass is 10.1. The second-order valence-electron chi connectivity index (χ2n) is 7.53. The number of thioether (sulfide) groups is 1. The number of anilines is 1. The third-order valence-electron chi connectivity index (χ3n) is 5.52. The molecule has 1 N–H and O–H groups in total. The number of aromatic nitrogens is 2. The Morgan fingerprint density at radius 1 is 1.14 bits per heavy atom. The monoisotopic (exact) mass is 419 g/mol. The van der Waals surface area contributed by atoms with Crippen LogP contribution in [0.25, 0.3) is 10.9 Å². The van der Waals surface area contributed by atoms with Crippen molar-refractivity contribution in [3.63, 3.8) is 0 Å². The van der Waals surface area contributed by atoms with Gasteiger partial charge in [0.2, 0.25) is 5.82 Å². The summed E-state index contributed by atoms with van der Waals surface area (Å²) in [7, 11) is 0. The third kappa shape index (κ3) is 4.60. The van der Waals surface area contributed by atoms with Crippen molar-refractivity contribution < 1.29 is 4.79 Å². The van der Waals surface area contributed by atoms with E-state index in [2.05, 4.69) is 27.0 Å². The van der Waals surface area contributed by atoms with Gasteiger partial charge in [-0.05, 0) is 45.8 Å². The molecular formula is C20H29N5OS2. The number of amides is 1. The van der Waals surface area contributed by atoms with E-state index in [1.165, 1.54) is 37.2 Å². The molecule has 152 valence electrons. The number of carbonyl (C=O) groups excluding carboxylic acids is 1. The van der Waals surface area contributed by atoms with E-state index in [4.69, 9.17) is 4.98 Å². The minimum Gasteiger partial charge on any atom is -0.354 e. The SMILES string of the molecule is Cc1scc2nc(C(=O)NCCCN3CCCCC3)nc(N3CCSCC3)c12. The lowest BCUT2D eigenvalue weighted by Gasteiger charge is -2.28. The van der Waals surface area contributed by atoms with Crippen molar-refractivity contribution >= 4 is 45.7 Å². The van der Waals surface area contributed by atoms with Crippen LogP contribution < -0.4 is 10.2 Å². The number of fused-ring (bicyclic) bond motifs is 1. The highest BCUT2D eigenvalue weighted by Crippen LogP contribution is 2.32. The van der Waals surface area contributed by atoms with Crippen molar-refractivity contribution in [1.82, 2.24) is 20.2 Å². The lowest BCUT2D eigenvalue weighted by Crippen LogP contribution is -2.35. The molecule has 0 radical (unpaired) electrons. The minimum atomic E-state index is -0.156. The summed E-state index contributed by atoms with van der Waals surface area (Å²) in [5.74, 6) is 3.29. The van der Waals surface area contributed by atoms with Crippen LogP contribution in [-0.2, 0) is 0 Å². The normalized spacial score (nSPS) is 18.5. The average Bonchev–Trinajstić information content (AvgIpc) is 3.12. The van der Waals surface area contributed by atoms with Crippen molar-refractivity contribution in [2.24, 2.45) is 0 Å². The average molecular weight is 420 g/mol. The molecule has 28 heavy (non-hydrogen) atoms. The van der Waals surface area contributed by atoms with E-state index in [0.717, 1.165) is 54.3 Å². The Balaban J connectivity index is 1.43. The number of carbonyl (C=O) groups is 1. The van der Waals surface area contributed by atoms with Crippen LogP contribution in [0.3, 0.4) is 0 Å². The maximum atomic E-state index is 12.7. The van der Waals surface area contributed by atoms with Gasteiger partial charge in [0.25, 0.3) is 5.91 Å². The van der Waals surface area contributed by atoms with Crippen LogP contribution in [0.15, 0.2) is 5.38 Å². The van der Waals surface area contributed by atoms with Crippen LogP contribution in [0.4, 0.5) is 5.82 Å². The Bertz CT molecular complexity index is 812. The van der Waals surface area contributed by atoms with E-state index in [1.54, 1.807) is 11.3 Å². The fraction of sp³-hybridized carbons (Fsp3) is 0.650. The number of hydrogen-bond donors (Lipinski definition) is 1. The molecule has 0 saturated carbocycles. The van der Waals surface area contributed by atoms with Gasteiger partial charge in [-0.3, -0.25) is 4.79 Å². The second-order valence-corrected chi connectivity index (χ2v) is 9.84. The van der Waals surface area contributed by atoms with Crippen molar-refractivity contribution in [1.29, 1.82) is 0 Å². The van der Waals surface area contributed by atoms with Gasteiger partial charge in [0, 0.05) is 41.4 Å². The number of nitrogens with one attached hydrogen (secondary N) is 1. The summed E-state index contributed by atoms with van der Waals surface area (Å²) in [4.78, 5) is 28.0. The standard InChI is InChI=1S/C20H29N5OS2/c1-15-17-16(14-28-15)22-18(23-19(17)25-10-12-27-13-11-25)20(26)21-6-5-9-24-7-3-2-4-8-24/h14H,2-13H2,1H3,(H,21,26). The Hall–Kier alpha value is -1.38. The van der Waals surface area contributed by atoms with Gasteiger partial charge in [0.1, 0.15) is 5.82 Å². The van der Waals surface area contributed by atoms with Crippen LogP contribution >= 0.6 is 23.1 Å². The molecular weight excluding hydrogens is 390 g/mol. The highest BCUT2D eigenvalue weighted by atomic mass is 32.2. The van der Waals surface area contributed by atoms with Gasteiger partial charge in [0.05, 0.1) is 10.9 Å².